The smallest absolute Gasteiger partial charge is 0.278 e. The Morgan fingerprint density at radius 1 is 1.42 bits per heavy atom. The second kappa shape index (κ2) is 4.42. The fourth-order valence-electron chi connectivity index (χ4n) is 2.52. The first-order chi connectivity index (χ1) is 9.16. The molecule has 1 aliphatic rings. The Kier molecular flexibility index (Phi) is 2.74. The van der Waals surface area contributed by atoms with Gasteiger partial charge in [0.1, 0.15) is 5.69 Å². The zero-order valence-electron chi connectivity index (χ0n) is 10.8. The van der Waals surface area contributed by atoms with Gasteiger partial charge in [-0.1, -0.05) is 6.07 Å². The molecule has 2 N–H and O–H groups in total. The lowest BCUT2D eigenvalue weighted by atomic mass is 9.99. The van der Waals surface area contributed by atoms with Gasteiger partial charge in [0.25, 0.3) is 5.91 Å². The van der Waals surface area contributed by atoms with Crippen molar-refractivity contribution in [2.24, 2.45) is 7.05 Å². The number of rotatable bonds is 1. The first-order valence-corrected chi connectivity index (χ1v) is 6.34. The number of amides is 1. The molecule has 1 aliphatic heterocycles. The number of carbonyl (C=O) groups is 1. The third kappa shape index (κ3) is 1.97. The number of nitrogens with two attached hydrogens (primary N) is 1. The van der Waals surface area contributed by atoms with Crippen LogP contribution >= 0.6 is 0 Å². The van der Waals surface area contributed by atoms with Gasteiger partial charge >= 0.3 is 0 Å². The second-order valence-corrected chi connectivity index (χ2v) is 4.83. The molecule has 0 saturated carbocycles. The molecule has 1 aromatic carbocycles. The molecule has 0 radical (unpaired) electrons. The molecule has 0 unspecified atom stereocenters. The highest BCUT2D eigenvalue weighted by atomic mass is 16.2. The SMILES string of the molecule is Cn1cnc(C(=O)N2CCCc3c(N)cccc32)c1. The van der Waals surface area contributed by atoms with Crippen molar-refractivity contribution in [1.82, 2.24) is 9.55 Å². The van der Waals surface area contributed by atoms with Gasteiger partial charge in [0.15, 0.2) is 0 Å². The molecule has 0 atom stereocenters. The van der Waals surface area contributed by atoms with E-state index in [4.69, 9.17) is 5.73 Å². The van der Waals surface area contributed by atoms with Gasteiger partial charge in [-0.25, -0.2) is 4.98 Å². The molecule has 1 aromatic heterocycles. The summed E-state index contributed by atoms with van der Waals surface area (Å²) in [7, 11) is 1.85. The largest absolute Gasteiger partial charge is 0.398 e. The summed E-state index contributed by atoms with van der Waals surface area (Å²) in [5, 5.41) is 0. The lowest BCUT2D eigenvalue weighted by Gasteiger charge is -2.29. The minimum absolute atomic E-state index is 0.0628. The van der Waals surface area contributed by atoms with Crippen molar-refractivity contribution in [1.29, 1.82) is 0 Å². The molecule has 0 fully saturated rings. The predicted octanol–water partition coefficient (Wildman–Crippen LogP) is 1.60. The van der Waals surface area contributed by atoms with E-state index in [0.717, 1.165) is 29.8 Å². The van der Waals surface area contributed by atoms with Crippen molar-refractivity contribution in [2.75, 3.05) is 17.2 Å². The number of hydrogen-bond donors (Lipinski definition) is 1. The van der Waals surface area contributed by atoms with E-state index in [-0.39, 0.29) is 5.91 Å². The summed E-state index contributed by atoms with van der Waals surface area (Å²) in [4.78, 5) is 18.4. The maximum absolute atomic E-state index is 12.5. The number of aryl methyl sites for hydroxylation is 1. The summed E-state index contributed by atoms with van der Waals surface area (Å²) in [5.41, 5.74) is 9.21. The molecule has 2 aromatic rings. The maximum Gasteiger partial charge on any atom is 0.278 e. The van der Waals surface area contributed by atoms with Crippen molar-refractivity contribution >= 4 is 17.3 Å². The molecule has 0 saturated heterocycles. The standard InChI is InChI=1S/C14H16N4O/c1-17-8-12(16-9-17)14(19)18-7-3-4-10-11(15)5-2-6-13(10)18/h2,5-6,8-9H,3-4,7,15H2,1H3. The van der Waals surface area contributed by atoms with Crippen LogP contribution in [0.5, 0.6) is 0 Å². The van der Waals surface area contributed by atoms with Crippen molar-refractivity contribution < 1.29 is 4.79 Å². The third-order valence-electron chi connectivity index (χ3n) is 3.46. The Hall–Kier alpha value is -2.30. The van der Waals surface area contributed by atoms with Crippen LogP contribution in [0.25, 0.3) is 0 Å². The maximum atomic E-state index is 12.5. The first kappa shape index (κ1) is 11.8. The lowest BCUT2D eigenvalue weighted by molar-refractivity contribution is 0.0981. The van der Waals surface area contributed by atoms with Gasteiger partial charge in [0.2, 0.25) is 0 Å². The fraction of sp³-hybridized carbons (Fsp3) is 0.286. The number of benzene rings is 1. The van der Waals surface area contributed by atoms with E-state index in [1.165, 1.54) is 0 Å². The van der Waals surface area contributed by atoms with Crippen LogP contribution in [0.1, 0.15) is 22.5 Å². The molecule has 2 heterocycles. The Morgan fingerprint density at radius 3 is 3.00 bits per heavy atom. The number of aromatic nitrogens is 2. The summed E-state index contributed by atoms with van der Waals surface area (Å²) >= 11 is 0. The number of carbonyl (C=O) groups excluding carboxylic acids is 1. The van der Waals surface area contributed by atoms with Crippen LogP contribution in [0.15, 0.2) is 30.7 Å². The normalized spacial score (nSPS) is 14.3. The Bertz CT molecular complexity index is 632. The Labute approximate surface area is 111 Å². The minimum atomic E-state index is -0.0628. The fourth-order valence-corrected chi connectivity index (χ4v) is 2.52. The van der Waals surface area contributed by atoms with E-state index in [1.54, 1.807) is 22.0 Å². The quantitative estimate of drug-likeness (QED) is 0.788. The highest BCUT2D eigenvalue weighted by Gasteiger charge is 2.25. The van der Waals surface area contributed by atoms with Crippen molar-refractivity contribution in [3.8, 4) is 0 Å². The number of nitrogens with zero attached hydrogens (tertiary/aromatic N) is 3. The van der Waals surface area contributed by atoms with Crippen LogP contribution in [-0.2, 0) is 13.5 Å². The Balaban J connectivity index is 2.00. The van der Waals surface area contributed by atoms with Crippen molar-refractivity contribution in [3.63, 3.8) is 0 Å². The van der Waals surface area contributed by atoms with E-state index in [0.29, 0.717) is 12.2 Å². The van der Waals surface area contributed by atoms with Crippen LogP contribution in [-0.4, -0.2) is 22.0 Å². The molecule has 3 rings (SSSR count). The summed E-state index contributed by atoms with van der Waals surface area (Å²) in [5.74, 6) is -0.0628. The highest BCUT2D eigenvalue weighted by Crippen LogP contribution is 2.31. The molecule has 5 heteroatoms. The minimum Gasteiger partial charge on any atom is -0.398 e. The van der Waals surface area contributed by atoms with Crippen molar-refractivity contribution in [2.45, 2.75) is 12.8 Å². The zero-order chi connectivity index (χ0) is 13.4. The number of fused-ring (bicyclic) bond motifs is 1. The molecule has 1 amide bonds. The molecular weight excluding hydrogens is 240 g/mol. The molecule has 0 aliphatic carbocycles. The van der Waals surface area contributed by atoms with E-state index < -0.39 is 0 Å². The highest BCUT2D eigenvalue weighted by molar-refractivity contribution is 6.05. The van der Waals surface area contributed by atoms with Crippen LogP contribution in [0.4, 0.5) is 11.4 Å². The van der Waals surface area contributed by atoms with Gasteiger partial charge in [0, 0.05) is 31.2 Å². The third-order valence-corrected chi connectivity index (χ3v) is 3.46. The molecule has 98 valence electrons. The van der Waals surface area contributed by atoms with E-state index >= 15 is 0 Å². The molecule has 0 spiro atoms. The average molecular weight is 256 g/mol. The van der Waals surface area contributed by atoms with Crippen LogP contribution < -0.4 is 10.6 Å². The molecule has 5 nitrogen and oxygen atoms in total. The second-order valence-electron chi connectivity index (χ2n) is 4.83. The van der Waals surface area contributed by atoms with Gasteiger partial charge in [-0.2, -0.15) is 0 Å². The van der Waals surface area contributed by atoms with Gasteiger partial charge in [0.05, 0.1) is 6.33 Å². The number of anilines is 2. The Morgan fingerprint density at radius 2 is 2.26 bits per heavy atom. The lowest BCUT2D eigenvalue weighted by Crippen LogP contribution is -2.36. The zero-order valence-corrected chi connectivity index (χ0v) is 10.8. The average Bonchev–Trinajstić information content (AvgIpc) is 2.85. The van der Waals surface area contributed by atoms with Crippen LogP contribution in [0, 0.1) is 0 Å². The van der Waals surface area contributed by atoms with Gasteiger partial charge in [-0.15, -0.1) is 0 Å². The van der Waals surface area contributed by atoms with E-state index in [1.807, 2.05) is 25.2 Å². The molecule has 0 bridgehead atoms. The van der Waals surface area contributed by atoms with Gasteiger partial charge in [-0.05, 0) is 30.5 Å². The van der Waals surface area contributed by atoms with Gasteiger partial charge < -0.3 is 15.2 Å². The molecule has 19 heavy (non-hydrogen) atoms. The van der Waals surface area contributed by atoms with E-state index in [9.17, 15) is 4.79 Å². The van der Waals surface area contributed by atoms with E-state index in [2.05, 4.69) is 4.98 Å². The number of nitrogen functional groups attached to an aromatic ring is 1. The topological polar surface area (TPSA) is 64.2 Å². The number of imidazole rings is 1. The van der Waals surface area contributed by atoms with Crippen molar-refractivity contribution in [3.05, 3.63) is 42.0 Å². The summed E-state index contributed by atoms with van der Waals surface area (Å²) in [6.45, 7) is 0.714. The van der Waals surface area contributed by atoms with Gasteiger partial charge in [-0.3, -0.25) is 4.79 Å². The predicted molar refractivity (Wildman–Crippen MR) is 74.1 cm³/mol. The summed E-state index contributed by atoms with van der Waals surface area (Å²) in [6.07, 6.45) is 5.23. The van der Waals surface area contributed by atoms with Crippen LogP contribution in [0.2, 0.25) is 0 Å². The monoisotopic (exact) mass is 256 g/mol. The van der Waals surface area contributed by atoms with Crippen LogP contribution in [0.3, 0.4) is 0 Å². The summed E-state index contributed by atoms with van der Waals surface area (Å²) < 4.78 is 1.78. The molecular formula is C14H16N4O. The number of hydrogen-bond acceptors (Lipinski definition) is 3. The summed E-state index contributed by atoms with van der Waals surface area (Å²) in [6, 6.07) is 5.72. The first-order valence-electron chi connectivity index (χ1n) is 6.34.